The molecule has 0 aliphatic carbocycles. The van der Waals surface area contributed by atoms with Crippen LogP contribution in [0, 0.1) is 5.41 Å². The van der Waals surface area contributed by atoms with Crippen LogP contribution in [-0.4, -0.2) is 39.9 Å². The second-order valence-electron chi connectivity index (χ2n) is 7.14. The van der Waals surface area contributed by atoms with Crippen LogP contribution in [0.2, 0.25) is 0 Å². The Bertz CT molecular complexity index is 1010. The van der Waals surface area contributed by atoms with E-state index in [0.717, 1.165) is 5.56 Å². The number of benzene rings is 1. The summed E-state index contributed by atoms with van der Waals surface area (Å²) in [6, 6.07) is 10.1. The first kappa shape index (κ1) is 21.3. The number of hydrogen-bond donors (Lipinski definition) is 1. The average Bonchev–Trinajstić information content (AvgIpc) is 3.23. The summed E-state index contributed by atoms with van der Waals surface area (Å²) in [7, 11) is 1.33. The fourth-order valence-electron chi connectivity index (χ4n) is 2.53. The van der Waals surface area contributed by atoms with E-state index in [1.807, 2.05) is 0 Å². The van der Waals surface area contributed by atoms with Gasteiger partial charge in [0.15, 0.2) is 5.82 Å². The van der Waals surface area contributed by atoms with E-state index in [2.05, 4.69) is 20.2 Å². The number of imidazole rings is 1. The van der Waals surface area contributed by atoms with Crippen LogP contribution in [0.1, 0.15) is 19.5 Å². The fourth-order valence-corrected chi connectivity index (χ4v) is 2.53. The van der Waals surface area contributed by atoms with Gasteiger partial charge >= 0.3 is 12.1 Å². The lowest BCUT2D eigenvalue weighted by Gasteiger charge is -2.21. The van der Waals surface area contributed by atoms with Gasteiger partial charge in [-0.05, 0) is 50.2 Å². The number of carbonyl (C=O) groups excluding carboxylic acids is 1. The highest BCUT2D eigenvalue weighted by Gasteiger charge is 2.33. The van der Waals surface area contributed by atoms with Crippen molar-refractivity contribution in [3.05, 3.63) is 48.3 Å². The number of carbonyl (C=O) groups is 1. The molecule has 30 heavy (non-hydrogen) atoms. The van der Waals surface area contributed by atoms with Crippen LogP contribution in [0.3, 0.4) is 0 Å². The molecular weight excluding hydrogens is 401 g/mol. The number of halogens is 3. The number of alkyl halides is 3. The lowest BCUT2D eigenvalue weighted by molar-refractivity contribution is -0.152. The topological polar surface area (TPSA) is 90.0 Å². The summed E-state index contributed by atoms with van der Waals surface area (Å²) < 4.78 is 48.4. The van der Waals surface area contributed by atoms with Crippen LogP contribution in [-0.2, 0) is 15.7 Å². The van der Waals surface area contributed by atoms with Crippen molar-refractivity contribution < 1.29 is 27.4 Å². The Morgan fingerprint density at radius 2 is 1.67 bits per heavy atom. The van der Waals surface area contributed by atoms with Crippen LogP contribution in [0.15, 0.2) is 42.6 Å². The van der Waals surface area contributed by atoms with Gasteiger partial charge in [-0.25, -0.2) is 4.98 Å². The van der Waals surface area contributed by atoms with Gasteiger partial charge < -0.3 is 14.5 Å². The van der Waals surface area contributed by atoms with E-state index in [4.69, 9.17) is 9.47 Å². The third-order valence-corrected chi connectivity index (χ3v) is 4.28. The number of rotatable bonds is 6. The lowest BCUT2D eigenvalue weighted by Crippen LogP contribution is -2.32. The molecule has 0 atom stereocenters. The van der Waals surface area contributed by atoms with Crippen LogP contribution >= 0.6 is 0 Å². The summed E-state index contributed by atoms with van der Waals surface area (Å²) >= 11 is 0. The number of ether oxygens (including phenoxy) is 2. The van der Waals surface area contributed by atoms with Crippen LogP contribution in [0.4, 0.5) is 13.2 Å². The van der Waals surface area contributed by atoms with Crippen molar-refractivity contribution in [1.29, 1.82) is 0 Å². The van der Waals surface area contributed by atoms with Crippen molar-refractivity contribution in [2.24, 2.45) is 5.41 Å². The third kappa shape index (κ3) is 4.76. The Balaban J connectivity index is 1.68. The summed E-state index contributed by atoms with van der Waals surface area (Å²) in [5.41, 5.74) is -0.271. The number of aromatic amines is 1. The highest BCUT2D eigenvalue weighted by Crippen LogP contribution is 2.29. The maximum atomic E-state index is 12.7. The Hall–Kier alpha value is -3.43. The molecule has 0 unspecified atom stereocenters. The quantitative estimate of drug-likeness (QED) is 0.603. The number of nitrogens with one attached hydrogen (secondary N) is 1. The molecule has 0 amide bonds. The second kappa shape index (κ2) is 8.13. The maximum absolute atomic E-state index is 12.7. The van der Waals surface area contributed by atoms with E-state index in [1.54, 1.807) is 44.2 Å². The smallest absolute Gasteiger partial charge is 0.432 e. The molecule has 158 valence electrons. The monoisotopic (exact) mass is 420 g/mol. The van der Waals surface area contributed by atoms with Gasteiger partial charge in [-0.3, -0.25) is 4.79 Å². The predicted molar refractivity (Wildman–Crippen MR) is 101 cm³/mol. The van der Waals surface area contributed by atoms with Gasteiger partial charge in [0.05, 0.1) is 24.4 Å². The normalized spacial score (nSPS) is 11.9. The Morgan fingerprint density at radius 1 is 1.03 bits per heavy atom. The van der Waals surface area contributed by atoms with Crippen molar-refractivity contribution in [3.63, 3.8) is 0 Å². The Morgan fingerprint density at radius 3 is 2.20 bits per heavy atom. The number of methoxy groups -OCH3 is 1. The summed E-state index contributed by atoms with van der Waals surface area (Å²) in [4.78, 5) is 17.6. The molecule has 0 aliphatic heterocycles. The summed E-state index contributed by atoms with van der Waals surface area (Å²) in [6.07, 6.45) is -3.79. The molecule has 0 saturated heterocycles. The third-order valence-electron chi connectivity index (χ3n) is 4.28. The molecule has 1 aromatic carbocycles. The average molecular weight is 420 g/mol. The van der Waals surface area contributed by atoms with Crippen molar-refractivity contribution in [1.82, 2.24) is 20.2 Å². The number of H-pyrrole nitrogens is 1. The first-order chi connectivity index (χ1) is 14.1. The molecule has 3 rings (SSSR count). The van der Waals surface area contributed by atoms with Gasteiger partial charge in [0, 0.05) is 5.56 Å². The number of hydrogen-bond acceptors (Lipinski definition) is 6. The van der Waals surface area contributed by atoms with Crippen molar-refractivity contribution in [2.45, 2.75) is 20.0 Å². The molecule has 1 N–H and O–H groups in total. The zero-order valence-corrected chi connectivity index (χ0v) is 16.4. The van der Waals surface area contributed by atoms with Gasteiger partial charge in [-0.15, -0.1) is 10.2 Å². The van der Waals surface area contributed by atoms with Gasteiger partial charge in [-0.1, -0.05) is 0 Å². The first-order valence-electron chi connectivity index (χ1n) is 8.88. The Labute approximate surface area is 170 Å². The number of esters is 1. The first-order valence-corrected chi connectivity index (χ1v) is 8.88. The second-order valence-corrected chi connectivity index (χ2v) is 7.14. The maximum Gasteiger partial charge on any atom is 0.432 e. The molecular formula is C20H19F3N4O3. The summed E-state index contributed by atoms with van der Waals surface area (Å²) in [5.74, 6) is 0.183. The van der Waals surface area contributed by atoms with Crippen molar-refractivity contribution in [2.75, 3.05) is 13.7 Å². The Kier molecular flexibility index (Phi) is 5.77. The molecule has 3 aromatic rings. The molecule has 7 nitrogen and oxygen atoms in total. The minimum atomic E-state index is -4.51. The number of nitrogens with zero attached hydrogens (tertiary/aromatic N) is 3. The van der Waals surface area contributed by atoms with E-state index < -0.39 is 17.3 Å². The molecule has 0 radical (unpaired) electrons. The van der Waals surface area contributed by atoms with Crippen LogP contribution in [0.25, 0.3) is 22.8 Å². The summed E-state index contributed by atoms with van der Waals surface area (Å²) in [6.45, 7) is 3.60. The summed E-state index contributed by atoms with van der Waals surface area (Å²) in [5, 5.41) is 8.00. The standard InChI is InChI=1S/C20H19F3N4O3/c1-19(2,18(28)29-3)11-30-13-6-4-12(5-7-13)14-8-9-15(27-26-14)17-24-10-16(25-17)20(21,22)23/h4-10H,11H2,1-3H3,(H,24,25). The molecule has 2 aromatic heterocycles. The van der Waals surface area contributed by atoms with E-state index in [-0.39, 0.29) is 24.1 Å². The SMILES string of the molecule is COC(=O)C(C)(C)COc1ccc(-c2ccc(-c3ncc(C(F)(F)F)[nH]3)nn2)cc1. The van der Waals surface area contributed by atoms with Gasteiger partial charge in [0.1, 0.15) is 23.7 Å². The van der Waals surface area contributed by atoms with E-state index in [1.165, 1.54) is 13.2 Å². The van der Waals surface area contributed by atoms with E-state index >= 15 is 0 Å². The molecule has 0 spiro atoms. The molecule has 0 bridgehead atoms. The van der Waals surface area contributed by atoms with Gasteiger partial charge in [0.25, 0.3) is 0 Å². The largest absolute Gasteiger partial charge is 0.492 e. The molecule has 0 aliphatic rings. The fraction of sp³-hybridized carbons (Fsp3) is 0.300. The molecule has 0 saturated carbocycles. The van der Waals surface area contributed by atoms with Crippen LogP contribution in [0.5, 0.6) is 5.75 Å². The van der Waals surface area contributed by atoms with E-state index in [9.17, 15) is 18.0 Å². The van der Waals surface area contributed by atoms with Crippen molar-refractivity contribution >= 4 is 5.97 Å². The van der Waals surface area contributed by atoms with Crippen LogP contribution < -0.4 is 4.74 Å². The molecule has 10 heteroatoms. The zero-order valence-electron chi connectivity index (χ0n) is 16.4. The van der Waals surface area contributed by atoms with E-state index in [0.29, 0.717) is 17.6 Å². The lowest BCUT2D eigenvalue weighted by atomic mass is 9.95. The highest BCUT2D eigenvalue weighted by molar-refractivity contribution is 5.75. The van der Waals surface area contributed by atoms with Gasteiger partial charge in [-0.2, -0.15) is 13.2 Å². The zero-order chi connectivity index (χ0) is 21.9. The predicted octanol–water partition coefficient (Wildman–Crippen LogP) is 4.13. The molecule has 2 heterocycles. The highest BCUT2D eigenvalue weighted by atomic mass is 19.4. The minimum absolute atomic E-state index is 0.0154. The van der Waals surface area contributed by atoms with Gasteiger partial charge in [0.2, 0.25) is 0 Å². The minimum Gasteiger partial charge on any atom is -0.492 e. The van der Waals surface area contributed by atoms with Crippen molar-refractivity contribution in [3.8, 4) is 28.5 Å². The number of aromatic nitrogens is 4. The molecule has 0 fully saturated rings.